The van der Waals surface area contributed by atoms with Crippen LogP contribution in [0, 0.1) is 11.8 Å². The number of carbonyl (C=O) groups is 1. The number of nitrogens with zero attached hydrogens (tertiary/aromatic N) is 2. The second-order valence-corrected chi connectivity index (χ2v) is 7.85. The molecule has 1 aliphatic rings. The Morgan fingerprint density at radius 2 is 1.86 bits per heavy atom. The molecule has 124 valence electrons. The molecule has 0 saturated carbocycles. The van der Waals surface area contributed by atoms with Gasteiger partial charge in [0.25, 0.3) is 0 Å². The lowest BCUT2D eigenvalue weighted by molar-refractivity contribution is -0.132. The van der Waals surface area contributed by atoms with Gasteiger partial charge in [-0.05, 0) is 46.2 Å². The number of rotatable bonds is 7. The molecule has 1 rings (SSSR count). The normalized spacial score (nSPS) is 25.2. The zero-order chi connectivity index (χ0) is 16.4. The fraction of sp³-hybridized carbons (Fsp3) is 0.941. The predicted molar refractivity (Wildman–Crippen MR) is 89.1 cm³/mol. The lowest BCUT2D eigenvalue weighted by Gasteiger charge is -2.38. The Morgan fingerprint density at radius 3 is 2.29 bits per heavy atom. The van der Waals surface area contributed by atoms with Gasteiger partial charge in [-0.15, -0.1) is 0 Å². The van der Waals surface area contributed by atoms with Crippen LogP contribution in [0.15, 0.2) is 0 Å². The highest BCUT2D eigenvalue weighted by Gasteiger charge is 2.43. The molecule has 0 spiro atoms. The van der Waals surface area contributed by atoms with Crippen LogP contribution in [0.4, 0.5) is 0 Å². The minimum atomic E-state index is -0.0170. The van der Waals surface area contributed by atoms with Gasteiger partial charge in [0.1, 0.15) is 0 Å². The van der Waals surface area contributed by atoms with Crippen LogP contribution >= 0.6 is 0 Å². The van der Waals surface area contributed by atoms with Gasteiger partial charge in [-0.1, -0.05) is 34.1 Å². The van der Waals surface area contributed by atoms with Gasteiger partial charge in [-0.2, -0.15) is 0 Å². The molecule has 1 N–H and O–H groups in total. The van der Waals surface area contributed by atoms with Crippen LogP contribution in [0.2, 0.25) is 0 Å². The summed E-state index contributed by atoms with van der Waals surface area (Å²) in [5.41, 5.74) is -0.0170. The van der Waals surface area contributed by atoms with E-state index >= 15 is 0 Å². The van der Waals surface area contributed by atoms with E-state index in [1.807, 2.05) is 0 Å². The molecule has 0 bridgehead atoms. The smallest absolute Gasteiger partial charge is 0.241 e. The summed E-state index contributed by atoms with van der Waals surface area (Å²) in [7, 11) is 4.16. The number of amides is 1. The lowest BCUT2D eigenvalue weighted by atomic mass is 9.98. The summed E-state index contributed by atoms with van der Waals surface area (Å²) >= 11 is 0. The molecule has 1 amide bonds. The second-order valence-electron chi connectivity index (χ2n) is 7.85. The number of hydrogen-bond donors (Lipinski definition) is 1. The molecule has 0 radical (unpaired) electrons. The Bertz CT molecular complexity index is 352. The highest BCUT2D eigenvalue weighted by Crippen LogP contribution is 2.26. The van der Waals surface area contributed by atoms with Crippen LogP contribution in [0.3, 0.4) is 0 Å². The Hall–Kier alpha value is -0.610. The van der Waals surface area contributed by atoms with Gasteiger partial charge in [-0.3, -0.25) is 10.1 Å². The van der Waals surface area contributed by atoms with Gasteiger partial charge in [0.05, 0.1) is 12.2 Å². The van der Waals surface area contributed by atoms with Crippen molar-refractivity contribution in [2.75, 3.05) is 20.6 Å². The summed E-state index contributed by atoms with van der Waals surface area (Å²) < 4.78 is 0. The van der Waals surface area contributed by atoms with E-state index in [4.69, 9.17) is 0 Å². The van der Waals surface area contributed by atoms with Crippen LogP contribution in [0.5, 0.6) is 0 Å². The highest BCUT2D eigenvalue weighted by molar-refractivity contribution is 5.84. The summed E-state index contributed by atoms with van der Waals surface area (Å²) in [6.45, 7) is 13.9. The first-order valence-corrected chi connectivity index (χ1v) is 8.34. The Balaban J connectivity index is 2.92. The largest absolute Gasteiger partial charge is 0.324 e. The average Bonchev–Trinajstić information content (AvgIpc) is 2.65. The van der Waals surface area contributed by atoms with E-state index in [-0.39, 0.29) is 23.7 Å². The van der Waals surface area contributed by atoms with Crippen LogP contribution in [0.1, 0.15) is 54.4 Å². The topological polar surface area (TPSA) is 35.6 Å². The summed E-state index contributed by atoms with van der Waals surface area (Å²) in [5, 5.41) is 3.59. The fourth-order valence-electron chi connectivity index (χ4n) is 2.73. The Morgan fingerprint density at radius 1 is 1.29 bits per heavy atom. The van der Waals surface area contributed by atoms with Crippen molar-refractivity contribution in [2.45, 2.75) is 72.1 Å². The molecular formula is C17H35N3O. The lowest BCUT2D eigenvalue weighted by Crippen LogP contribution is -2.52. The first-order valence-electron chi connectivity index (χ1n) is 8.34. The third kappa shape index (κ3) is 4.43. The summed E-state index contributed by atoms with van der Waals surface area (Å²) in [4.78, 5) is 17.1. The van der Waals surface area contributed by atoms with E-state index in [2.05, 4.69) is 70.8 Å². The zero-order valence-corrected chi connectivity index (χ0v) is 15.2. The number of likely N-dealkylation sites (N-methyl/N-ethyl adjacent to an activating group) is 1. The molecule has 0 aliphatic carbocycles. The van der Waals surface area contributed by atoms with E-state index in [0.717, 1.165) is 19.4 Å². The number of hydrogen-bond acceptors (Lipinski definition) is 3. The molecule has 1 aliphatic heterocycles. The maximum Gasteiger partial charge on any atom is 0.241 e. The minimum Gasteiger partial charge on any atom is -0.324 e. The molecule has 1 heterocycles. The van der Waals surface area contributed by atoms with Crippen molar-refractivity contribution in [1.82, 2.24) is 15.1 Å². The van der Waals surface area contributed by atoms with Crippen LogP contribution in [-0.4, -0.2) is 54.1 Å². The molecule has 4 nitrogen and oxygen atoms in total. The molecule has 4 heteroatoms. The maximum absolute atomic E-state index is 12.8. The van der Waals surface area contributed by atoms with E-state index in [1.165, 1.54) is 0 Å². The van der Waals surface area contributed by atoms with E-state index in [9.17, 15) is 4.79 Å². The van der Waals surface area contributed by atoms with Crippen LogP contribution < -0.4 is 5.32 Å². The molecule has 1 fully saturated rings. The Labute approximate surface area is 131 Å². The van der Waals surface area contributed by atoms with Gasteiger partial charge in [0.2, 0.25) is 5.91 Å². The van der Waals surface area contributed by atoms with Gasteiger partial charge in [0, 0.05) is 12.1 Å². The fourth-order valence-corrected chi connectivity index (χ4v) is 2.73. The molecule has 0 aromatic heterocycles. The van der Waals surface area contributed by atoms with Crippen LogP contribution in [0.25, 0.3) is 0 Å². The van der Waals surface area contributed by atoms with Crippen molar-refractivity contribution in [3.63, 3.8) is 0 Å². The van der Waals surface area contributed by atoms with E-state index < -0.39 is 0 Å². The van der Waals surface area contributed by atoms with Gasteiger partial charge in [0.15, 0.2) is 0 Å². The monoisotopic (exact) mass is 297 g/mol. The predicted octanol–water partition coefficient (Wildman–Crippen LogP) is 2.55. The molecule has 21 heavy (non-hydrogen) atoms. The average molecular weight is 297 g/mol. The zero-order valence-electron chi connectivity index (χ0n) is 15.2. The van der Waals surface area contributed by atoms with Crippen molar-refractivity contribution >= 4 is 5.91 Å². The van der Waals surface area contributed by atoms with Crippen molar-refractivity contribution in [2.24, 2.45) is 11.8 Å². The van der Waals surface area contributed by atoms with E-state index in [1.54, 1.807) is 0 Å². The van der Waals surface area contributed by atoms with Crippen molar-refractivity contribution < 1.29 is 4.79 Å². The first kappa shape index (κ1) is 18.4. The van der Waals surface area contributed by atoms with Gasteiger partial charge in [-0.25, -0.2) is 0 Å². The first-order chi connectivity index (χ1) is 9.60. The third-order valence-corrected chi connectivity index (χ3v) is 4.97. The van der Waals surface area contributed by atoms with Crippen LogP contribution in [-0.2, 0) is 4.79 Å². The Kier molecular flexibility index (Phi) is 6.23. The van der Waals surface area contributed by atoms with Crippen molar-refractivity contribution in [3.05, 3.63) is 0 Å². The van der Waals surface area contributed by atoms with Crippen molar-refractivity contribution in [1.29, 1.82) is 0 Å². The van der Waals surface area contributed by atoms with Gasteiger partial charge < -0.3 is 9.80 Å². The minimum absolute atomic E-state index is 0.0169. The van der Waals surface area contributed by atoms with E-state index in [0.29, 0.717) is 11.8 Å². The maximum atomic E-state index is 12.8. The molecule has 3 unspecified atom stereocenters. The summed E-state index contributed by atoms with van der Waals surface area (Å²) in [6, 6.07) is -0.0169. The van der Waals surface area contributed by atoms with Gasteiger partial charge >= 0.3 is 0 Å². The molecule has 0 aromatic carbocycles. The molecule has 1 saturated heterocycles. The number of carbonyl (C=O) groups excluding carboxylic acids is 1. The SMILES string of the molecule is CCC(C)C1NC(CC(C)C)N(CC(C)(C)N(C)C)C1=O. The van der Waals surface area contributed by atoms with Crippen molar-refractivity contribution in [3.8, 4) is 0 Å². The summed E-state index contributed by atoms with van der Waals surface area (Å²) in [5.74, 6) is 1.25. The number of nitrogens with one attached hydrogen (secondary N) is 1. The standard InChI is InChI=1S/C17H35N3O/c1-9-13(4)15-16(21)20(11-17(5,6)19(7)8)14(18-15)10-12(2)3/h12-15,18H,9-11H2,1-8H3. The quantitative estimate of drug-likeness (QED) is 0.784. The molecule has 0 aromatic rings. The second kappa shape index (κ2) is 7.10. The molecular weight excluding hydrogens is 262 g/mol. The highest BCUT2D eigenvalue weighted by atomic mass is 16.2. The summed E-state index contributed by atoms with van der Waals surface area (Å²) in [6.07, 6.45) is 2.22. The molecule has 3 atom stereocenters. The third-order valence-electron chi connectivity index (χ3n) is 4.97.